The normalized spacial score (nSPS) is 13.3. The highest BCUT2D eigenvalue weighted by Crippen LogP contribution is 2.14. The fourth-order valence-corrected chi connectivity index (χ4v) is 1.48. The van der Waals surface area contributed by atoms with Crippen molar-refractivity contribution < 1.29 is 28.6 Å². The number of carbonyl (C=O) groups excluding carboxylic acids is 3. The van der Waals surface area contributed by atoms with Gasteiger partial charge in [0, 0.05) is 13.8 Å². The van der Waals surface area contributed by atoms with E-state index in [1.54, 1.807) is 13.8 Å². The van der Waals surface area contributed by atoms with Gasteiger partial charge in [-0.1, -0.05) is 6.92 Å². The van der Waals surface area contributed by atoms with Gasteiger partial charge in [0.2, 0.25) is 0 Å². The number of carbonyl (C=O) groups is 3. The summed E-state index contributed by atoms with van der Waals surface area (Å²) in [5, 5.41) is 0. The van der Waals surface area contributed by atoms with Crippen LogP contribution in [0.4, 0.5) is 0 Å². The first-order chi connectivity index (χ1) is 8.40. The molecule has 0 N–H and O–H groups in total. The van der Waals surface area contributed by atoms with E-state index in [0.29, 0.717) is 6.42 Å². The summed E-state index contributed by atoms with van der Waals surface area (Å²) >= 11 is 0. The smallest absolute Gasteiger partial charge is 0.309 e. The molecule has 0 aliphatic carbocycles. The van der Waals surface area contributed by atoms with Crippen molar-refractivity contribution in [1.29, 1.82) is 0 Å². The van der Waals surface area contributed by atoms with Crippen molar-refractivity contribution >= 4 is 17.9 Å². The first-order valence-corrected chi connectivity index (χ1v) is 5.90. The summed E-state index contributed by atoms with van der Waals surface area (Å²) in [6.07, 6.45) is -1.14. The van der Waals surface area contributed by atoms with Crippen LogP contribution in [0.1, 0.15) is 40.5 Å². The van der Waals surface area contributed by atoms with Crippen molar-refractivity contribution in [2.75, 3.05) is 6.61 Å². The number of ether oxygens (including phenoxy) is 3. The molecule has 0 aliphatic rings. The molecule has 0 aromatic rings. The molecule has 0 spiro atoms. The minimum absolute atomic E-state index is 0.126. The van der Waals surface area contributed by atoms with Crippen LogP contribution in [-0.2, 0) is 28.6 Å². The number of rotatable bonds is 7. The van der Waals surface area contributed by atoms with Gasteiger partial charge in [-0.15, -0.1) is 0 Å². The van der Waals surface area contributed by atoms with Crippen molar-refractivity contribution in [2.45, 2.75) is 52.7 Å². The topological polar surface area (TPSA) is 78.9 Å². The maximum atomic E-state index is 11.4. The number of hydrogen-bond donors (Lipinski definition) is 0. The van der Waals surface area contributed by atoms with Gasteiger partial charge in [0.25, 0.3) is 0 Å². The third kappa shape index (κ3) is 6.88. The molecule has 0 aromatic carbocycles. The highest BCUT2D eigenvalue weighted by molar-refractivity contribution is 5.72. The standard InChI is InChI=1S/C12H20O6/c1-5-10(17-8(3)13)11(18-9(4)14)7-12(15)16-6-2/h10-11H,5-7H2,1-4H3. The van der Waals surface area contributed by atoms with Crippen LogP contribution in [0.15, 0.2) is 0 Å². The highest BCUT2D eigenvalue weighted by Gasteiger charge is 2.28. The molecule has 2 atom stereocenters. The average molecular weight is 260 g/mol. The maximum Gasteiger partial charge on any atom is 0.309 e. The van der Waals surface area contributed by atoms with E-state index >= 15 is 0 Å². The summed E-state index contributed by atoms with van der Waals surface area (Å²) in [5.74, 6) is -1.51. The number of esters is 3. The molecule has 0 saturated heterocycles. The van der Waals surface area contributed by atoms with Gasteiger partial charge in [-0.3, -0.25) is 14.4 Å². The molecule has 18 heavy (non-hydrogen) atoms. The van der Waals surface area contributed by atoms with E-state index < -0.39 is 30.1 Å². The molecule has 6 nitrogen and oxygen atoms in total. The third-order valence-electron chi connectivity index (χ3n) is 2.12. The quantitative estimate of drug-likeness (QED) is 0.505. The minimum atomic E-state index is -0.810. The Morgan fingerprint density at radius 2 is 1.44 bits per heavy atom. The molecule has 6 heteroatoms. The zero-order chi connectivity index (χ0) is 14.1. The summed E-state index contributed by atoms with van der Waals surface area (Å²) in [6, 6.07) is 0. The molecule has 0 heterocycles. The average Bonchev–Trinajstić information content (AvgIpc) is 2.24. The minimum Gasteiger partial charge on any atom is -0.466 e. The van der Waals surface area contributed by atoms with E-state index in [1.807, 2.05) is 0 Å². The maximum absolute atomic E-state index is 11.4. The van der Waals surface area contributed by atoms with Gasteiger partial charge in [0.15, 0.2) is 0 Å². The van der Waals surface area contributed by atoms with Crippen LogP contribution in [0.5, 0.6) is 0 Å². The molecular formula is C12H20O6. The van der Waals surface area contributed by atoms with Crippen molar-refractivity contribution in [1.82, 2.24) is 0 Å². The van der Waals surface area contributed by atoms with Crippen LogP contribution in [-0.4, -0.2) is 36.7 Å². The summed E-state index contributed by atoms with van der Waals surface area (Å²) in [6.45, 7) is 6.20. The molecule has 0 aliphatic heterocycles. The SMILES string of the molecule is CCOC(=O)CC(OC(C)=O)C(CC)OC(C)=O. The van der Waals surface area contributed by atoms with Crippen LogP contribution in [0, 0.1) is 0 Å². The second kappa shape index (κ2) is 8.49. The van der Waals surface area contributed by atoms with Gasteiger partial charge in [-0.25, -0.2) is 0 Å². The van der Waals surface area contributed by atoms with E-state index in [9.17, 15) is 14.4 Å². The Morgan fingerprint density at radius 3 is 1.83 bits per heavy atom. The largest absolute Gasteiger partial charge is 0.466 e. The van der Waals surface area contributed by atoms with E-state index in [-0.39, 0.29) is 13.0 Å². The molecular weight excluding hydrogens is 240 g/mol. The van der Waals surface area contributed by atoms with Crippen LogP contribution in [0.25, 0.3) is 0 Å². The second-order valence-electron chi connectivity index (χ2n) is 3.71. The van der Waals surface area contributed by atoms with Gasteiger partial charge < -0.3 is 14.2 Å². The summed E-state index contributed by atoms with van der Waals surface area (Å²) < 4.78 is 14.8. The lowest BCUT2D eigenvalue weighted by atomic mass is 10.1. The Morgan fingerprint density at radius 1 is 0.944 bits per heavy atom. The molecule has 2 unspecified atom stereocenters. The molecule has 0 saturated carbocycles. The van der Waals surface area contributed by atoms with E-state index in [4.69, 9.17) is 14.2 Å². The predicted molar refractivity (Wildman–Crippen MR) is 62.6 cm³/mol. The zero-order valence-corrected chi connectivity index (χ0v) is 11.2. The fraction of sp³-hybridized carbons (Fsp3) is 0.750. The summed E-state index contributed by atoms with van der Waals surface area (Å²) in [4.78, 5) is 33.3. The molecule has 104 valence electrons. The molecule has 0 fully saturated rings. The van der Waals surface area contributed by atoms with Crippen LogP contribution < -0.4 is 0 Å². The first kappa shape index (κ1) is 16.4. The summed E-state index contributed by atoms with van der Waals surface area (Å²) in [5.41, 5.74) is 0. The fourth-order valence-electron chi connectivity index (χ4n) is 1.48. The van der Waals surface area contributed by atoms with Gasteiger partial charge in [0.05, 0.1) is 13.0 Å². The molecule has 0 rings (SSSR count). The third-order valence-corrected chi connectivity index (χ3v) is 2.12. The lowest BCUT2D eigenvalue weighted by molar-refractivity contribution is -0.170. The van der Waals surface area contributed by atoms with Gasteiger partial charge >= 0.3 is 17.9 Å². The van der Waals surface area contributed by atoms with Gasteiger partial charge in [0.1, 0.15) is 12.2 Å². The Bertz CT molecular complexity index is 299. The molecule has 0 amide bonds. The van der Waals surface area contributed by atoms with Crippen molar-refractivity contribution in [2.24, 2.45) is 0 Å². The lowest BCUT2D eigenvalue weighted by Crippen LogP contribution is -2.36. The van der Waals surface area contributed by atoms with E-state index in [1.165, 1.54) is 13.8 Å². The van der Waals surface area contributed by atoms with Gasteiger partial charge in [-0.2, -0.15) is 0 Å². The zero-order valence-electron chi connectivity index (χ0n) is 11.2. The Labute approximate surface area is 107 Å². The Kier molecular flexibility index (Phi) is 7.74. The second-order valence-corrected chi connectivity index (χ2v) is 3.71. The Balaban J connectivity index is 4.66. The van der Waals surface area contributed by atoms with Crippen molar-refractivity contribution in [3.63, 3.8) is 0 Å². The van der Waals surface area contributed by atoms with E-state index in [0.717, 1.165) is 0 Å². The molecule has 0 bridgehead atoms. The summed E-state index contributed by atoms with van der Waals surface area (Å²) in [7, 11) is 0. The lowest BCUT2D eigenvalue weighted by Gasteiger charge is -2.24. The monoisotopic (exact) mass is 260 g/mol. The van der Waals surface area contributed by atoms with Crippen LogP contribution in [0.3, 0.4) is 0 Å². The van der Waals surface area contributed by atoms with Crippen LogP contribution in [0.2, 0.25) is 0 Å². The van der Waals surface area contributed by atoms with Crippen molar-refractivity contribution in [3.8, 4) is 0 Å². The predicted octanol–water partition coefficient (Wildman–Crippen LogP) is 1.21. The van der Waals surface area contributed by atoms with Crippen LogP contribution >= 0.6 is 0 Å². The molecule has 0 radical (unpaired) electrons. The van der Waals surface area contributed by atoms with Crippen molar-refractivity contribution in [3.05, 3.63) is 0 Å². The van der Waals surface area contributed by atoms with E-state index in [2.05, 4.69) is 0 Å². The highest BCUT2D eigenvalue weighted by atomic mass is 16.6. The molecule has 0 aromatic heterocycles. The Hall–Kier alpha value is -1.59. The van der Waals surface area contributed by atoms with Gasteiger partial charge in [-0.05, 0) is 13.3 Å². The number of hydrogen-bond acceptors (Lipinski definition) is 6. The first-order valence-electron chi connectivity index (χ1n) is 5.90.